The number of nitrogens with zero attached hydrogens (tertiary/aromatic N) is 1. The van der Waals surface area contributed by atoms with Crippen LogP contribution in [0.15, 0.2) is 103 Å². The van der Waals surface area contributed by atoms with E-state index in [0.29, 0.717) is 5.92 Å². The summed E-state index contributed by atoms with van der Waals surface area (Å²) >= 11 is 0. The van der Waals surface area contributed by atoms with E-state index in [4.69, 9.17) is 0 Å². The Bertz CT molecular complexity index is 1970. The molecule has 0 atom stereocenters. The van der Waals surface area contributed by atoms with Gasteiger partial charge in [0, 0.05) is 32.7 Å². The van der Waals surface area contributed by atoms with Crippen molar-refractivity contribution in [2.24, 2.45) is 0 Å². The number of nitrogens with one attached hydrogen (secondary N) is 1. The average Bonchev–Trinajstić information content (AvgIpc) is 3.45. The second kappa shape index (κ2) is 7.85. The van der Waals surface area contributed by atoms with Gasteiger partial charge in [-0.3, -0.25) is 0 Å². The molecule has 0 unspecified atom stereocenters. The van der Waals surface area contributed by atoms with Gasteiger partial charge in [-0.05, 0) is 72.2 Å². The molecule has 0 radical (unpaired) electrons. The van der Waals surface area contributed by atoms with Gasteiger partial charge in [0.05, 0.1) is 16.6 Å². The highest BCUT2D eigenvalue weighted by atomic mass is 15.0. The standard InChI is InChI=1S/C35H28N2/c1-22-25(27-15-6-5-14-26(27)23-10-9-11-23)20-21-31-33(22)30-19-18-29-28-16-7-8-17-32(28)37(35(29)34(30)36-31)24-12-3-2-4-13-24/h2-8,12-21,23,36H,9-11H2,1H3. The van der Waals surface area contributed by atoms with Crippen LogP contribution in [0, 0.1) is 6.92 Å². The van der Waals surface area contributed by atoms with Crippen LogP contribution >= 0.6 is 0 Å². The largest absolute Gasteiger partial charge is 0.353 e. The van der Waals surface area contributed by atoms with Gasteiger partial charge in [-0.2, -0.15) is 0 Å². The molecule has 2 aromatic heterocycles. The molecule has 8 rings (SSSR count). The maximum Gasteiger partial charge on any atom is 0.0783 e. The fourth-order valence-corrected chi connectivity index (χ4v) is 6.64. The fourth-order valence-electron chi connectivity index (χ4n) is 6.64. The van der Waals surface area contributed by atoms with Crippen molar-refractivity contribution in [3.8, 4) is 16.8 Å². The number of aryl methyl sites for hydroxylation is 1. The smallest absolute Gasteiger partial charge is 0.0783 e. The highest BCUT2D eigenvalue weighted by molar-refractivity contribution is 6.23. The lowest BCUT2D eigenvalue weighted by Crippen LogP contribution is -2.10. The average molecular weight is 477 g/mol. The molecule has 1 saturated carbocycles. The molecule has 2 nitrogen and oxygen atoms in total. The van der Waals surface area contributed by atoms with Crippen molar-refractivity contribution in [1.29, 1.82) is 0 Å². The molecule has 2 heteroatoms. The molecule has 37 heavy (non-hydrogen) atoms. The monoisotopic (exact) mass is 476 g/mol. The van der Waals surface area contributed by atoms with Gasteiger partial charge in [0.25, 0.3) is 0 Å². The summed E-state index contributed by atoms with van der Waals surface area (Å²) in [6, 6.07) is 37.8. The summed E-state index contributed by atoms with van der Waals surface area (Å²) in [6.07, 6.45) is 3.98. The summed E-state index contributed by atoms with van der Waals surface area (Å²) in [4.78, 5) is 3.85. The van der Waals surface area contributed by atoms with Crippen molar-refractivity contribution in [3.63, 3.8) is 0 Å². The van der Waals surface area contributed by atoms with Crippen molar-refractivity contribution >= 4 is 43.6 Å². The zero-order valence-electron chi connectivity index (χ0n) is 21.0. The van der Waals surface area contributed by atoms with E-state index < -0.39 is 0 Å². The molecule has 0 aliphatic heterocycles. The van der Waals surface area contributed by atoms with E-state index in [9.17, 15) is 0 Å². The molecule has 0 amide bonds. The van der Waals surface area contributed by atoms with E-state index >= 15 is 0 Å². The number of hydrogen-bond acceptors (Lipinski definition) is 0. The van der Waals surface area contributed by atoms with Gasteiger partial charge in [-0.25, -0.2) is 0 Å². The number of aromatic nitrogens is 2. The molecule has 0 saturated heterocycles. The predicted octanol–water partition coefficient (Wildman–Crippen LogP) is 9.66. The van der Waals surface area contributed by atoms with Crippen molar-refractivity contribution in [2.75, 3.05) is 0 Å². The minimum Gasteiger partial charge on any atom is -0.353 e. The summed E-state index contributed by atoms with van der Waals surface area (Å²) in [5, 5.41) is 5.20. The number of H-pyrrole nitrogens is 1. The number of benzene rings is 5. The Labute approximate surface area is 216 Å². The second-order valence-electron chi connectivity index (χ2n) is 10.6. The topological polar surface area (TPSA) is 20.7 Å². The van der Waals surface area contributed by atoms with Crippen LogP contribution in [-0.4, -0.2) is 9.55 Å². The van der Waals surface area contributed by atoms with Gasteiger partial charge in [0.1, 0.15) is 0 Å². The molecule has 178 valence electrons. The van der Waals surface area contributed by atoms with Crippen molar-refractivity contribution in [2.45, 2.75) is 32.1 Å². The number of para-hydroxylation sites is 2. The van der Waals surface area contributed by atoms with Gasteiger partial charge in [0.15, 0.2) is 0 Å². The van der Waals surface area contributed by atoms with E-state index in [0.717, 1.165) is 0 Å². The van der Waals surface area contributed by atoms with E-state index in [2.05, 4.69) is 120 Å². The van der Waals surface area contributed by atoms with Crippen LogP contribution in [0.25, 0.3) is 60.4 Å². The Morgan fingerprint density at radius 3 is 2.27 bits per heavy atom. The maximum absolute atomic E-state index is 3.85. The third kappa shape index (κ3) is 2.93. The van der Waals surface area contributed by atoms with Crippen LogP contribution in [0.3, 0.4) is 0 Å². The molecule has 5 aromatic carbocycles. The Hall–Kier alpha value is -4.30. The molecule has 0 bridgehead atoms. The first-order valence-corrected chi connectivity index (χ1v) is 13.4. The molecule has 1 aliphatic carbocycles. The first kappa shape index (κ1) is 20.8. The van der Waals surface area contributed by atoms with Crippen LogP contribution in [0.2, 0.25) is 0 Å². The number of hydrogen-bond donors (Lipinski definition) is 1. The summed E-state index contributed by atoms with van der Waals surface area (Å²) in [5.74, 6) is 0.704. The highest BCUT2D eigenvalue weighted by Crippen LogP contribution is 2.44. The Morgan fingerprint density at radius 1 is 0.676 bits per heavy atom. The van der Waals surface area contributed by atoms with Gasteiger partial charge in [-0.15, -0.1) is 0 Å². The molecule has 1 N–H and O–H groups in total. The predicted molar refractivity (Wildman–Crippen MR) is 157 cm³/mol. The van der Waals surface area contributed by atoms with Crippen molar-refractivity contribution < 1.29 is 0 Å². The zero-order chi connectivity index (χ0) is 24.5. The summed E-state index contributed by atoms with van der Waals surface area (Å²) < 4.78 is 2.42. The van der Waals surface area contributed by atoms with Crippen LogP contribution < -0.4 is 0 Å². The quantitative estimate of drug-likeness (QED) is 0.262. The highest BCUT2D eigenvalue weighted by Gasteiger charge is 2.24. The molecular formula is C35H28N2. The summed E-state index contributed by atoms with van der Waals surface area (Å²) in [7, 11) is 0. The van der Waals surface area contributed by atoms with Crippen molar-refractivity contribution in [1.82, 2.24) is 9.55 Å². The minimum atomic E-state index is 0.704. The van der Waals surface area contributed by atoms with E-state index in [1.807, 2.05) is 0 Å². The van der Waals surface area contributed by atoms with Gasteiger partial charge < -0.3 is 9.55 Å². The van der Waals surface area contributed by atoms with Gasteiger partial charge in [-0.1, -0.05) is 85.3 Å². The lowest BCUT2D eigenvalue weighted by Gasteiger charge is -2.28. The minimum absolute atomic E-state index is 0.704. The summed E-state index contributed by atoms with van der Waals surface area (Å²) in [6.45, 7) is 2.31. The normalized spacial score (nSPS) is 14.2. The lowest BCUT2D eigenvalue weighted by atomic mass is 9.76. The fraction of sp³-hybridized carbons (Fsp3) is 0.143. The van der Waals surface area contributed by atoms with Crippen LogP contribution in [-0.2, 0) is 0 Å². The number of fused-ring (bicyclic) bond motifs is 7. The third-order valence-electron chi connectivity index (χ3n) is 8.64. The number of rotatable bonds is 3. The van der Waals surface area contributed by atoms with Gasteiger partial charge in [0.2, 0.25) is 0 Å². The van der Waals surface area contributed by atoms with Gasteiger partial charge >= 0.3 is 0 Å². The molecule has 2 heterocycles. The maximum atomic E-state index is 3.85. The molecule has 7 aromatic rings. The Morgan fingerprint density at radius 2 is 1.43 bits per heavy atom. The van der Waals surface area contributed by atoms with Crippen molar-refractivity contribution in [3.05, 3.63) is 114 Å². The zero-order valence-corrected chi connectivity index (χ0v) is 21.0. The van der Waals surface area contributed by atoms with Crippen LogP contribution in [0.5, 0.6) is 0 Å². The first-order chi connectivity index (χ1) is 18.3. The Balaban J connectivity index is 1.46. The molecular weight excluding hydrogens is 448 g/mol. The second-order valence-corrected chi connectivity index (χ2v) is 10.6. The third-order valence-corrected chi connectivity index (χ3v) is 8.64. The van der Waals surface area contributed by atoms with E-state index in [-0.39, 0.29) is 0 Å². The SMILES string of the molecule is Cc1c(-c2ccccc2C2CCC2)ccc2[nH]c3c(ccc4c5ccccc5n(-c5ccccc5)c43)c12. The van der Waals surface area contributed by atoms with Crippen LogP contribution in [0.1, 0.15) is 36.3 Å². The lowest BCUT2D eigenvalue weighted by molar-refractivity contribution is 0.420. The number of aromatic amines is 1. The summed E-state index contributed by atoms with van der Waals surface area (Å²) in [5.41, 5.74) is 11.7. The molecule has 1 fully saturated rings. The van der Waals surface area contributed by atoms with E-state index in [1.165, 1.54) is 90.8 Å². The van der Waals surface area contributed by atoms with Crippen LogP contribution in [0.4, 0.5) is 0 Å². The molecule has 1 aliphatic rings. The molecule has 0 spiro atoms. The van der Waals surface area contributed by atoms with E-state index in [1.54, 1.807) is 0 Å². The first-order valence-electron chi connectivity index (χ1n) is 13.4. The Kier molecular flexibility index (Phi) is 4.42.